The molecule has 1 aromatic heterocycles. The fraction of sp³-hybridized carbons (Fsp3) is 0.400. The number of fused-ring (bicyclic) bond motifs is 1. The van der Waals surface area contributed by atoms with Crippen LogP contribution < -0.4 is 4.74 Å². The van der Waals surface area contributed by atoms with E-state index in [0.29, 0.717) is 18.1 Å². The first-order chi connectivity index (χ1) is 15.1. The van der Waals surface area contributed by atoms with E-state index in [-0.39, 0.29) is 11.8 Å². The van der Waals surface area contributed by atoms with Gasteiger partial charge >= 0.3 is 0 Å². The average molecular weight is 440 g/mol. The Balaban J connectivity index is 1.64. The summed E-state index contributed by atoms with van der Waals surface area (Å²) in [6, 6.07) is 14.0. The lowest BCUT2D eigenvalue weighted by molar-refractivity contribution is -0.133. The van der Waals surface area contributed by atoms with Crippen molar-refractivity contribution in [3.8, 4) is 5.75 Å². The van der Waals surface area contributed by atoms with Gasteiger partial charge in [0, 0.05) is 60.6 Å². The molecule has 2 aromatic carbocycles. The van der Waals surface area contributed by atoms with Crippen molar-refractivity contribution in [2.45, 2.75) is 26.2 Å². The van der Waals surface area contributed by atoms with Crippen LogP contribution in [0, 0.1) is 0 Å². The number of halogens is 1. The second-order valence-corrected chi connectivity index (χ2v) is 8.44. The second-order valence-electron chi connectivity index (χ2n) is 8.01. The zero-order chi connectivity index (χ0) is 21.8. The van der Waals surface area contributed by atoms with E-state index in [1.54, 1.807) is 0 Å². The summed E-state index contributed by atoms with van der Waals surface area (Å²) in [5.74, 6) is 0.986. The first-order valence-corrected chi connectivity index (χ1v) is 11.5. The molecule has 4 rings (SSSR count). The Morgan fingerprint density at radius 3 is 2.52 bits per heavy atom. The largest absolute Gasteiger partial charge is 0.494 e. The molecule has 1 amide bonds. The Labute approximate surface area is 188 Å². The molecule has 2 heterocycles. The normalized spacial score (nSPS) is 15.9. The molecule has 1 fully saturated rings. The first-order valence-electron chi connectivity index (χ1n) is 11.1. The number of aromatic amines is 1. The van der Waals surface area contributed by atoms with Gasteiger partial charge in [-0.05, 0) is 54.9 Å². The summed E-state index contributed by atoms with van der Waals surface area (Å²) in [6.07, 6.45) is 2.45. The van der Waals surface area contributed by atoms with E-state index in [4.69, 9.17) is 16.3 Å². The molecule has 1 atom stereocenters. The van der Waals surface area contributed by atoms with Gasteiger partial charge in [-0.15, -0.1) is 0 Å². The lowest BCUT2D eigenvalue weighted by atomic mass is 9.87. The number of carbonyl (C=O) groups excluding carboxylic acids is 1. The monoisotopic (exact) mass is 439 g/mol. The lowest BCUT2D eigenvalue weighted by Gasteiger charge is -2.34. The van der Waals surface area contributed by atoms with Crippen LogP contribution in [-0.2, 0) is 4.79 Å². The maximum absolute atomic E-state index is 13.3. The number of aromatic nitrogens is 1. The Kier molecular flexibility index (Phi) is 6.83. The summed E-state index contributed by atoms with van der Waals surface area (Å²) in [5, 5.41) is 1.76. The van der Waals surface area contributed by atoms with E-state index < -0.39 is 0 Å². The SMILES string of the molecule is CCOc1ccc([C@H](CC(=O)N2CCN(CC)CC2)c2c[nH]c3ccc(Cl)cc23)cc1. The third kappa shape index (κ3) is 4.89. The van der Waals surface area contributed by atoms with Crippen LogP contribution in [0.15, 0.2) is 48.7 Å². The number of H-pyrrole nitrogens is 1. The summed E-state index contributed by atoms with van der Waals surface area (Å²) >= 11 is 6.30. The van der Waals surface area contributed by atoms with Crippen LogP contribution in [0.1, 0.15) is 37.3 Å². The summed E-state index contributed by atoms with van der Waals surface area (Å²) in [6.45, 7) is 9.28. The molecule has 0 saturated carbocycles. The molecule has 1 aliphatic rings. The fourth-order valence-corrected chi connectivity index (χ4v) is 4.56. The number of nitrogens with one attached hydrogen (secondary N) is 1. The molecule has 5 nitrogen and oxygen atoms in total. The van der Waals surface area contributed by atoms with Crippen molar-refractivity contribution >= 4 is 28.4 Å². The van der Waals surface area contributed by atoms with Crippen LogP contribution in [0.5, 0.6) is 5.75 Å². The molecule has 31 heavy (non-hydrogen) atoms. The third-order valence-corrected chi connectivity index (χ3v) is 6.43. The number of rotatable bonds is 7. The zero-order valence-corrected chi connectivity index (χ0v) is 19.0. The molecule has 0 aliphatic carbocycles. The quantitative estimate of drug-likeness (QED) is 0.569. The molecule has 1 aliphatic heterocycles. The van der Waals surface area contributed by atoms with Crippen molar-refractivity contribution in [1.82, 2.24) is 14.8 Å². The number of amides is 1. The van der Waals surface area contributed by atoms with E-state index in [0.717, 1.165) is 60.5 Å². The number of carbonyl (C=O) groups is 1. The zero-order valence-electron chi connectivity index (χ0n) is 18.2. The molecule has 0 spiro atoms. The molecule has 6 heteroatoms. The molecule has 1 N–H and O–H groups in total. The number of hydrogen-bond donors (Lipinski definition) is 1. The average Bonchev–Trinajstić information content (AvgIpc) is 3.21. The van der Waals surface area contributed by atoms with Crippen molar-refractivity contribution < 1.29 is 9.53 Å². The van der Waals surface area contributed by atoms with Crippen molar-refractivity contribution in [3.63, 3.8) is 0 Å². The van der Waals surface area contributed by atoms with E-state index in [1.807, 2.05) is 48.4 Å². The highest BCUT2D eigenvalue weighted by molar-refractivity contribution is 6.31. The lowest BCUT2D eigenvalue weighted by Crippen LogP contribution is -2.48. The standard InChI is InChI=1S/C25H30ClN3O2/c1-3-28-11-13-29(14-12-28)25(30)16-21(18-5-8-20(9-6-18)31-4-2)23-17-27-24-10-7-19(26)15-22(23)24/h5-10,15,17,21,27H,3-4,11-14,16H2,1-2H3/t21-/m0/s1. The molecule has 0 radical (unpaired) electrons. The molecular weight excluding hydrogens is 410 g/mol. The predicted octanol–water partition coefficient (Wildman–Crippen LogP) is 4.91. The van der Waals surface area contributed by atoms with Crippen molar-refractivity contribution in [2.24, 2.45) is 0 Å². The summed E-state index contributed by atoms with van der Waals surface area (Å²) in [4.78, 5) is 21.0. The first kappa shape index (κ1) is 21.7. The number of likely N-dealkylation sites (N-methyl/N-ethyl adjacent to an activating group) is 1. The fourth-order valence-electron chi connectivity index (χ4n) is 4.39. The summed E-state index contributed by atoms with van der Waals surface area (Å²) < 4.78 is 5.61. The second kappa shape index (κ2) is 9.75. The Bertz CT molecular complexity index is 1020. The van der Waals surface area contributed by atoms with Crippen LogP contribution >= 0.6 is 11.6 Å². The molecule has 0 bridgehead atoms. The van der Waals surface area contributed by atoms with Gasteiger partial charge in [0.15, 0.2) is 0 Å². The Morgan fingerprint density at radius 2 is 1.84 bits per heavy atom. The van der Waals surface area contributed by atoms with E-state index in [9.17, 15) is 4.79 Å². The van der Waals surface area contributed by atoms with Gasteiger partial charge < -0.3 is 19.5 Å². The minimum Gasteiger partial charge on any atom is -0.494 e. The van der Waals surface area contributed by atoms with E-state index in [2.05, 4.69) is 28.9 Å². The van der Waals surface area contributed by atoms with Gasteiger partial charge in [0.2, 0.25) is 5.91 Å². The van der Waals surface area contributed by atoms with Crippen molar-refractivity contribution in [1.29, 1.82) is 0 Å². The molecule has 164 valence electrons. The van der Waals surface area contributed by atoms with Gasteiger partial charge in [-0.3, -0.25) is 4.79 Å². The predicted molar refractivity (Wildman–Crippen MR) is 126 cm³/mol. The Hall–Kier alpha value is -2.50. The summed E-state index contributed by atoms with van der Waals surface area (Å²) in [5.41, 5.74) is 3.23. The van der Waals surface area contributed by atoms with Crippen LogP contribution in [-0.4, -0.2) is 60.0 Å². The number of hydrogen-bond acceptors (Lipinski definition) is 3. The van der Waals surface area contributed by atoms with Crippen molar-refractivity contribution in [3.05, 3.63) is 64.8 Å². The minimum atomic E-state index is -0.0559. The topological polar surface area (TPSA) is 48.6 Å². The van der Waals surface area contributed by atoms with Crippen molar-refractivity contribution in [2.75, 3.05) is 39.3 Å². The van der Waals surface area contributed by atoms with Crippen LogP contribution in [0.2, 0.25) is 5.02 Å². The molecule has 0 unspecified atom stereocenters. The van der Waals surface area contributed by atoms with Gasteiger partial charge in [-0.1, -0.05) is 30.7 Å². The van der Waals surface area contributed by atoms with Gasteiger partial charge in [-0.25, -0.2) is 0 Å². The third-order valence-electron chi connectivity index (χ3n) is 6.20. The van der Waals surface area contributed by atoms with Crippen LogP contribution in [0.3, 0.4) is 0 Å². The van der Waals surface area contributed by atoms with Gasteiger partial charge in [-0.2, -0.15) is 0 Å². The highest BCUT2D eigenvalue weighted by atomic mass is 35.5. The molecular formula is C25H30ClN3O2. The number of ether oxygens (including phenoxy) is 1. The molecule has 1 saturated heterocycles. The number of piperazine rings is 1. The van der Waals surface area contributed by atoms with Gasteiger partial charge in [0.05, 0.1) is 6.61 Å². The van der Waals surface area contributed by atoms with Crippen LogP contribution in [0.25, 0.3) is 10.9 Å². The maximum Gasteiger partial charge on any atom is 0.223 e. The van der Waals surface area contributed by atoms with Gasteiger partial charge in [0.25, 0.3) is 0 Å². The van der Waals surface area contributed by atoms with Crippen LogP contribution in [0.4, 0.5) is 0 Å². The minimum absolute atomic E-state index is 0.0559. The highest BCUT2D eigenvalue weighted by Crippen LogP contribution is 2.35. The summed E-state index contributed by atoms with van der Waals surface area (Å²) in [7, 11) is 0. The van der Waals surface area contributed by atoms with E-state index >= 15 is 0 Å². The maximum atomic E-state index is 13.3. The number of benzene rings is 2. The van der Waals surface area contributed by atoms with Gasteiger partial charge in [0.1, 0.15) is 5.75 Å². The molecule has 3 aromatic rings. The Morgan fingerprint density at radius 1 is 1.10 bits per heavy atom. The number of nitrogens with zero attached hydrogens (tertiary/aromatic N) is 2. The smallest absolute Gasteiger partial charge is 0.223 e. The van der Waals surface area contributed by atoms with E-state index in [1.165, 1.54) is 0 Å². The highest BCUT2D eigenvalue weighted by Gasteiger charge is 2.26.